The Bertz CT molecular complexity index is 580. The maximum absolute atomic E-state index is 12.9. The molecular formula is C13H12BrFN2O. The number of benzene rings is 1. The van der Waals surface area contributed by atoms with Crippen LogP contribution in [0.25, 0.3) is 0 Å². The average Bonchev–Trinajstić information content (AvgIpc) is 2.80. The third-order valence-electron chi connectivity index (χ3n) is 2.62. The number of halogens is 2. The molecule has 0 radical (unpaired) electrons. The largest absolute Gasteiger partial charge is 0.294 e. The van der Waals surface area contributed by atoms with Gasteiger partial charge in [0.05, 0.1) is 18.3 Å². The van der Waals surface area contributed by atoms with Crippen molar-refractivity contribution in [3.05, 3.63) is 52.0 Å². The molecule has 0 atom stereocenters. The zero-order chi connectivity index (χ0) is 13.1. The Balaban J connectivity index is 2.18. The number of carbonyl (C=O) groups excluding carboxylic acids is 1. The first-order valence-corrected chi connectivity index (χ1v) is 6.39. The van der Waals surface area contributed by atoms with Crippen LogP contribution in [0.1, 0.15) is 29.3 Å². The van der Waals surface area contributed by atoms with Crippen molar-refractivity contribution >= 4 is 21.7 Å². The molecule has 0 aliphatic rings. The molecule has 0 saturated carbocycles. The van der Waals surface area contributed by atoms with Crippen molar-refractivity contribution in [2.75, 3.05) is 0 Å². The lowest BCUT2D eigenvalue weighted by atomic mass is 10.2. The molecular weight excluding hydrogens is 299 g/mol. The fourth-order valence-electron chi connectivity index (χ4n) is 1.62. The SMILES string of the molecule is CCC(=O)c1cnn(Cc2ccc(F)cc2Br)c1. The Morgan fingerprint density at radius 2 is 2.28 bits per heavy atom. The van der Waals surface area contributed by atoms with Crippen LogP contribution in [-0.4, -0.2) is 15.6 Å². The molecule has 0 amide bonds. The van der Waals surface area contributed by atoms with Gasteiger partial charge in [0.25, 0.3) is 0 Å². The first-order valence-electron chi connectivity index (χ1n) is 5.59. The van der Waals surface area contributed by atoms with E-state index < -0.39 is 0 Å². The first-order chi connectivity index (χ1) is 8.60. The fraction of sp³-hybridized carbons (Fsp3) is 0.231. The van der Waals surface area contributed by atoms with Crippen LogP contribution < -0.4 is 0 Å². The highest BCUT2D eigenvalue weighted by molar-refractivity contribution is 9.10. The predicted molar refractivity (Wildman–Crippen MR) is 70.1 cm³/mol. The van der Waals surface area contributed by atoms with Gasteiger partial charge in [0.1, 0.15) is 5.82 Å². The summed E-state index contributed by atoms with van der Waals surface area (Å²) in [6.07, 6.45) is 3.73. The zero-order valence-electron chi connectivity index (χ0n) is 9.86. The second-order valence-electron chi connectivity index (χ2n) is 3.94. The van der Waals surface area contributed by atoms with E-state index in [1.807, 2.05) is 6.92 Å². The summed E-state index contributed by atoms with van der Waals surface area (Å²) in [5.41, 5.74) is 1.52. The van der Waals surface area contributed by atoms with E-state index in [4.69, 9.17) is 0 Å². The Labute approximate surface area is 113 Å². The Morgan fingerprint density at radius 1 is 1.50 bits per heavy atom. The summed E-state index contributed by atoms with van der Waals surface area (Å²) in [6.45, 7) is 2.31. The summed E-state index contributed by atoms with van der Waals surface area (Å²) < 4.78 is 15.3. The summed E-state index contributed by atoms with van der Waals surface area (Å²) >= 11 is 3.31. The molecule has 0 N–H and O–H groups in total. The minimum absolute atomic E-state index is 0.0689. The van der Waals surface area contributed by atoms with Crippen molar-refractivity contribution in [1.82, 2.24) is 9.78 Å². The van der Waals surface area contributed by atoms with Crippen LogP contribution in [0, 0.1) is 5.82 Å². The Morgan fingerprint density at radius 3 is 2.94 bits per heavy atom. The zero-order valence-corrected chi connectivity index (χ0v) is 11.4. The molecule has 0 fully saturated rings. The first kappa shape index (κ1) is 13.0. The fourth-order valence-corrected chi connectivity index (χ4v) is 2.10. The summed E-state index contributed by atoms with van der Waals surface area (Å²) in [4.78, 5) is 11.5. The van der Waals surface area contributed by atoms with Crippen molar-refractivity contribution in [2.45, 2.75) is 19.9 Å². The van der Waals surface area contributed by atoms with Crippen LogP contribution in [0.2, 0.25) is 0 Å². The van der Waals surface area contributed by atoms with Crippen molar-refractivity contribution in [3.8, 4) is 0 Å². The molecule has 0 spiro atoms. The molecule has 18 heavy (non-hydrogen) atoms. The molecule has 1 heterocycles. The quantitative estimate of drug-likeness (QED) is 0.811. The molecule has 0 aliphatic carbocycles. The van der Waals surface area contributed by atoms with Gasteiger partial charge < -0.3 is 0 Å². The standard InChI is InChI=1S/C13H12BrFN2O/c1-2-13(18)10-6-16-17(8-10)7-9-3-4-11(15)5-12(9)14/h3-6,8H,2,7H2,1H3. The lowest BCUT2D eigenvalue weighted by Crippen LogP contribution is -2.01. The van der Waals surface area contributed by atoms with Crippen LogP contribution in [0.15, 0.2) is 35.1 Å². The van der Waals surface area contributed by atoms with Gasteiger partial charge in [-0.1, -0.05) is 28.9 Å². The second kappa shape index (κ2) is 5.44. The van der Waals surface area contributed by atoms with Crippen LogP contribution >= 0.6 is 15.9 Å². The molecule has 0 saturated heterocycles. The topological polar surface area (TPSA) is 34.9 Å². The van der Waals surface area contributed by atoms with E-state index in [1.165, 1.54) is 12.1 Å². The van der Waals surface area contributed by atoms with Crippen molar-refractivity contribution in [2.24, 2.45) is 0 Å². The number of ketones is 1. The van der Waals surface area contributed by atoms with Gasteiger partial charge >= 0.3 is 0 Å². The Kier molecular flexibility index (Phi) is 3.91. The van der Waals surface area contributed by atoms with Crippen LogP contribution in [-0.2, 0) is 6.54 Å². The van der Waals surface area contributed by atoms with Gasteiger partial charge in [-0.25, -0.2) is 4.39 Å². The number of carbonyl (C=O) groups is 1. The van der Waals surface area contributed by atoms with Crippen molar-refractivity contribution < 1.29 is 9.18 Å². The van der Waals surface area contributed by atoms with Crippen LogP contribution in [0.5, 0.6) is 0 Å². The molecule has 0 bridgehead atoms. The Hall–Kier alpha value is -1.49. The van der Waals surface area contributed by atoms with E-state index in [0.717, 1.165) is 5.56 Å². The number of hydrogen-bond donors (Lipinski definition) is 0. The maximum atomic E-state index is 12.9. The third-order valence-corrected chi connectivity index (χ3v) is 3.36. The molecule has 1 aromatic carbocycles. The summed E-state index contributed by atoms with van der Waals surface area (Å²) in [6, 6.07) is 4.51. The summed E-state index contributed by atoms with van der Waals surface area (Å²) in [7, 11) is 0. The monoisotopic (exact) mass is 310 g/mol. The lowest BCUT2D eigenvalue weighted by molar-refractivity contribution is 0.0988. The number of hydrogen-bond acceptors (Lipinski definition) is 2. The molecule has 2 aromatic rings. The van der Waals surface area contributed by atoms with Crippen LogP contribution in [0.3, 0.4) is 0 Å². The number of nitrogens with zero attached hydrogens (tertiary/aromatic N) is 2. The maximum Gasteiger partial charge on any atom is 0.165 e. The second-order valence-corrected chi connectivity index (χ2v) is 4.79. The highest BCUT2D eigenvalue weighted by Gasteiger charge is 2.08. The third kappa shape index (κ3) is 2.85. The average molecular weight is 311 g/mol. The normalized spacial score (nSPS) is 10.6. The summed E-state index contributed by atoms with van der Waals surface area (Å²) in [5, 5.41) is 4.13. The minimum atomic E-state index is -0.284. The smallest absolute Gasteiger partial charge is 0.165 e. The molecule has 94 valence electrons. The number of Topliss-reactive ketones (excluding diaryl/α,β-unsaturated/α-hetero) is 1. The molecule has 5 heteroatoms. The van der Waals surface area contributed by atoms with Gasteiger partial charge in [-0.05, 0) is 17.7 Å². The van der Waals surface area contributed by atoms with Gasteiger partial charge in [0.2, 0.25) is 0 Å². The molecule has 1 aromatic heterocycles. The predicted octanol–water partition coefficient (Wildman–Crippen LogP) is 3.43. The number of rotatable bonds is 4. The van der Waals surface area contributed by atoms with E-state index >= 15 is 0 Å². The van der Waals surface area contributed by atoms with Gasteiger partial charge in [-0.3, -0.25) is 9.48 Å². The highest BCUT2D eigenvalue weighted by atomic mass is 79.9. The van der Waals surface area contributed by atoms with E-state index in [1.54, 1.807) is 23.1 Å². The molecule has 0 unspecified atom stereocenters. The van der Waals surface area contributed by atoms with E-state index in [-0.39, 0.29) is 11.6 Å². The van der Waals surface area contributed by atoms with Gasteiger partial charge in [-0.15, -0.1) is 0 Å². The molecule has 2 rings (SSSR count). The van der Waals surface area contributed by atoms with E-state index in [9.17, 15) is 9.18 Å². The van der Waals surface area contributed by atoms with Gasteiger partial charge in [0, 0.05) is 17.1 Å². The van der Waals surface area contributed by atoms with E-state index in [2.05, 4.69) is 21.0 Å². The molecule has 0 aliphatic heterocycles. The highest BCUT2D eigenvalue weighted by Crippen LogP contribution is 2.19. The van der Waals surface area contributed by atoms with Gasteiger partial charge in [0.15, 0.2) is 5.78 Å². The lowest BCUT2D eigenvalue weighted by Gasteiger charge is -2.04. The van der Waals surface area contributed by atoms with Crippen molar-refractivity contribution in [1.29, 1.82) is 0 Å². The summed E-state index contributed by atoms with van der Waals surface area (Å²) in [5.74, 6) is -0.215. The van der Waals surface area contributed by atoms with Crippen LogP contribution in [0.4, 0.5) is 4.39 Å². The molecule has 3 nitrogen and oxygen atoms in total. The minimum Gasteiger partial charge on any atom is -0.294 e. The van der Waals surface area contributed by atoms with Gasteiger partial charge in [-0.2, -0.15) is 5.10 Å². The number of aromatic nitrogens is 2. The van der Waals surface area contributed by atoms with E-state index in [0.29, 0.717) is 23.0 Å². The van der Waals surface area contributed by atoms with Crippen molar-refractivity contribution in [3.63, 3.8) is 0 Å².